The SMILES string of the molecule is Brc1ccc2[nH]c3cc(-c4ccc5c(c4)[nH]c4ccccc45)ccc3c2c1. The fourth-order valence-corrected chi connectivity index (χ4v) is 4.45. The summed E-state index contributed by atoms with van der Waals surface area (Å²) in [6.07, 6.45) is 0. The molecule has 0 saturated heterocycles. The third kappa shape index (κ3) is 2.25. The van der Waals surface area contributed by atoms with Crippen molar-refractivity contribution in [2.45, 2.75) is 0 Å². The van der Waals surface area contributed by atoms with E-state index in [1.54, 1.807) is 0 Å². The molecular weight excluding hydrogens is 396 g/mol. The number of hydrogen-bond donors (Lipinski definition) is 2. The Morgan fingerprint density at radius 1 is 0.481 bits per heavy atom. The second-order valence-corrected chi connectivity index (χ2v) is 7.92. The number of aromatic amines is 2. The van der Waals surface area contributed by atoms with Gasteiger partial charge in [-0.1, -0.05) is 58.4 Å². The molecule has 3 heteroatoms. The van der Waals surface area contributed by atoms with E-state index in [0.29, 0.717) is 0 Å². The highest BCUT2D eigenvalue weighted by molar-refractivity contribution is 9.10. The van der Waals surface area contributed by atoms with Gasteiger partial charge in [-0.15, -0.1) is 0 Å². The summed E-state index contributed by atoms with van der Waals surface area (Å²) in [5.41, 5.74) is 7.12. The van der Waals surface area contributed by atoms with Crippen LogP contribution in [0.1, 0.15) is 0 Å². The first-order valence-corrected chi connectivity index (χ1v) is 9.77. The maximum absolute atomic E-state index is 3.57. The van der Waals surface area contributed by atoms with Crippen LogP contribution in [-0.4, -0.2) is 9.97 Å². The average molecular weight is 411 g/mol. The van der Waals surface area contributed by atoms with Gasteiger partial charge in [-0.2, -0.15) is 0 Å². The molecule has 0 saturated carbocycles. The lowest BCUT2D eigenvalue weighted by atomic mass is 10.0. The van der Waals surface area contributed by atoms with Crippen LogP contribution in [0.5, 0.6) is 0 Å². The van der Waals surface area contributed by atoms with Gasteiger partial charge in [-0.25, -0.2) is 0 Å². The van der Waals surface area contributed by atoms with Gasteiger partial charge in [0, 0.05) is 48.1 Å². The molecule has 6 aromatic rings. The number of hydrogen-bond acceptors (Lipinski definition) is 0. The van der Waals surface area contributed by atoms with E-state index in [0.717, 1.165) is 15.5 Å². The number of H-pyrrole nitrogens is 2. The van der Waals surface area contributed by atoms with Crippen molar-refractivity contribution >= 4 is 59.5 Å². The third-order valence-corrected chi connectivity index (χ3v) is 5.89. The van der Waals surface area contributed by atoms with Gasteiger partial charge in [0.05, 0.1) is 0 Å². The molecule has 2 heterocycles. The quantitative estimate of drug-likeness (QED) is 0.283. The molecule has 0 aliphatic heterocycles. The van der Waals surface area contributed by atoms with E-state index in [9.17, 15) is 0 Å². The second kappa shape index (κ2) is 5.48. The van der Waals surface area contributed by atoms with Crippen molar-refractivity contribution in [1.82, 2.24) is 9.97 Å². The van der Waals surface area contributed by atoms with Crippen LogP contribution in [0, 0.1) is 0 Å². The molecule has 0 bridgehead atoms. The number of nitrogens with one attached hydrogen (secondary N) is 2. The molecule has 0 radical (unpaired) electrons. The standard InChI is InChI=1S/C24H15BrN2/c25-16-7-10-22-20(13-16)19-9-6-15(12-24(19)27-22)14-5-8-18-17-3-1-2-4-21(17)26-23(18)11-14/h1-13,26-27H. The first-order chi connectivity index (χ1) is 13.3. The van der Waals surface area contributed by atoms with Gasteiger partial charge >= 0.3 is 0 Å². The van der Waals surface area contributed by atoms with Crippen LogP contribution < -0.4 is 0 Å². The van der Waals surface area contributed by atoms with Crippen molar-refractivity contribution in [1.29, 1.82) is 0 Å². The summed E-state index contributed by atoms with van der Waals surface area (Å²) in [7, 11) is 0. The van der Waals surface area contributed by atoms with E-state index >= 15 is 0 Å². The third-order valence-electron chi connectivity index (χ3n) is 5.40. The second-order valence-electron chi connectivity index (χ2n) is 7.01. The largest absolute Gasteiger partial charge is 0.354 e. The zero-order chi connectivity index (χ0) is 18.0. The Labute approximate surface area is 164 Å². The molecular formula is C24H15BrN2. The topological polar surface area (TPSA) is 31.6 Å². The van der Waals surface area contributed by atoms with E-state index in [2.05, 4.69) is 105 Å². The van der Waals surface area contributed by atoms with Crippen LogP contribution in [0.4, 0.5) is 0 Å². The summed E-state index contributed by atoms with van der Waals surface area (Å²) in [5.74, 6) is 0. The van der Waals surface area contributed by atoms with Crippen molar-refractivity contribution in [3.05, 3.63) is 83.3 Å². The summed E-state index contributed by atoms with van der Waals surface area (Å²) in [4.78, 5) is 7.09. The normalized spacial score (nSPS) is 11.9. The lowest BCUT2D eigenvalue weighted by molar-refractivity contribution is 1.53. The number of benzene rings is 4. The van der Waals surface area contributed by atoms with Crippen LogP contribution in [0.25, 0.3) is 54.7 Å². The Morgan fingerprint density at radius 2 is 1.07 bits per heavy atom. The van der Waals surface area contributed by atoms with Gasteiger partial charge in [0.1, 0.15) is 0 Å². The van der Waals surface area contributed by atoms with Gasteiger partial charge < -0.3 is 9.97 Å². The van der Waals surface area contributed by atoms with Gasteiger partial charge in [-0.3, -0.25) is 0 Å². The summed E-state index contributed by atoms with van der Waals surface area (Å²) < 4.78 is 1.10. The molecule has 2 nitrogen and oxygen atoms in total. The number of aromatic nitrogens is 2. The predicted molar refractivity (Wildman–Crippen MR) is 118 cm³/mol. The molecule has 0 aliphatic rings. The maximum atomic E-state index is 3.57. The molecule has 2 aromatic heterocycles. The smallest absolute Gasteiger partial charge is 0.0471 e. The van der Waals surface area contributed by atoms with Crippen molar-refractivity contribution in [2.24, 2.45) is 0 Å². The van der Waals surface area contributed by atoms with E-state index in [4.69, 9.17) is 0 Å². The highest BCUT2D eigenvalue weighted by atomic mass is 79.9. The van der Waals surface area contributed by atoms with Crippen molar-refractivity contribution in [3.8, 4) is 11.1 Å². The van der Waals surface area contributed by atoms with Crippen molar-refractivity contribution in [3.63, 3.8) is 0 Å². The molecule has 2 N–H and O–H groups in total. The first-order valence-electron chi connectivity index (χ1n) is 8.98. The van der Waals surface area contributed by atoms with E-state index in [1.165, 1.54) is 43.7 Å². The van der Waals surface area contributed by atoms with E-state index in [1.807, 2.05) is 0 Å². The van der Waals surface area contributed by atoms with Gasteiger partial charge in [0.15, 0.2) is 0 Å². The van der Waals surface area contributed by atoms with Crippen LogP contribution in [0.15, 0.2) is 83.3 Å². The number of para-hydroxylation sites is 1. The molecule has 0 atom stereocenters. The molecule has 4 aromatic carbocycles. The molecule has 0 unspecified atom stereocenters. The minimum Gasteiger partial charge on any atom is -0.354 e. The number of halogens is 1. The molecule has 27 heavy (non-hydrogen) atoms. The minimum atomic E-state index is 1.10. The van der Waals surface area contributed by atoms with Crippen LogP contribution in [-0.2, 0) is 0 Å². The molecule has 0 fully saturated rings. The Bertz CT molecular complexity index is 1490. The number of rotatable bonds is 1. The average Bonchev–Trinajstić information content (AvgIpc) is 3.24. The summed E-state index contributed by atoms with van der Waals surface area (Å²) in [5, 5.41) is 5.04. The lowest BCUT2D eigenvalue weighted by Crippen LogP contribution is -1.79. The summed E-state index contributed by atoms with van der Waals surface area (Å²) >= 11 is 3.57. The molecule has 0 spiro atoms. The minimum absolute atomic E-state index is 1.10. The maximum Gasteiger partial charge on any atom is 0.0471 e. The molecule has 0 aliphatic carbocycles. The first kappa shape index (κ1) is 15.1. The molecule has 0 amide bonds. The Kier molecular flexibility index (Phi) is 3.06. The predicted octanol–water partition coefficient (Wildman–Crippen LogP) is 7.39. The lowest BCUT2D eigenvalue weighted by Gasteiger charge is -2.03. The van der Waals surface area contributed by atoms with E-state index in [-0.39, 0.29) is 0 Å². The van der Waals surface area contributed by atoms with Gasteiger partial charge in [-0.05, 0) is 47.5 Å². The monoisotopic (exact) mass is 410 g/mol. The van der Waals surface area contributed by atoms with Crippen LogP contribution in [0.2, 0.25) is 0 Å². The highest BCUT2D eigenvalue weighted by Gasteiger charge is 2.09. The Balaban J connectivity index is 1.55. The van der Waals surface area contributed by atoms with Gasteiger partial charge in [0.25, 0.3) is 0 Å². The van der Waals surface area contributed by atoms with Crippen molar-refractivity contribution in [2.75, 3.05) is 0 Å². The van der Waals surface area contributed by atoms with Gasteiger partial charge in [0.2, 0.25) is 0 Å². The zero-order valence-electron chi connectivity index (χ0n) is 14.4. The Morgan fingerprint density at radius 3 is 1.81 bits per heavy atom. The Hall–Kier alpha value is -3.04. The van der Waals surface area contributed by atoms with Crippen LogP contribution >= 0.6 is 15.9 Å². The summed E-state index contributed by atoms with van der Waals surface area (Å²) in [6.45, 7) is 0. The van der Waals surface area contributed by atoms with Crippen LogP contribution in [0.3, 0.4) is 0 Å². The zero-order valence-corrected chi connectivity index (χ0v) is 16.0. The van der Waals surface area contributed by atoms with Crippen molar-refractivity contribution < 1.29 is 0 Å². The molecule has 128 valence electrons. The fourth-order valence-electron chi connectivity index (χ4n) is 4.09. The number of fused-ring (bicyclic) bond motifs is 6. The van der Waals surface area contributed by atoms with E-state index < -0.39 is 0 Å². The highest BCUT2D eigenvalue weighted by Crippen LogP contribution is 2.33. The fraction of sp³-hybridized carbons (Fsp3) is 0. The molecule has 6 rings (SSSR count). The summed E-state index contributed by atoms with van der Waals surface area (Å²) in [6, 6.07) is 28.2.